The highest BCUT2D eigenvalue weighted by Gasteiger charge is 2.33. The largest absolute Gasteiger partial charge is 0.463 e. The first kappa shape index (κ1) is 15.4. The van der Waals surface area contributed by atoms with Gasteiger partial charge < -0.3 is 19.7 Å². The number of carbonyl (C=O) groups excluding carboxylic acids is 1. The Hall–Kier alpha value is -0.690. The van der Waals surface area contributed by atoms with Gasteiger partial charge in [-0.1, -0.05) is 0 Å². The highest BCUT2D eigenvalue weighted by Crippen LogP contribution is 2.15. The second-order valence-corrected chi connectivity index (χ2v) is 5.11. The van der Waals surface area contributed by atoms with E-state index in [0.717, 1.165) is 0 Å². The van der Waals surface area contributed by atoms with E-state index in [1.54, 1.807) is 0 Å². The lowest BCUT2D eigenvalue weighted by Crippen LogP contribution is -2.55. The van der Waals surface area contributed by atoms with Gasteiger partial charge in [0.05, 0.1) is 18.8 Å². The van der Waals surface area contributed by atoms with Crippen LogP contribution in [0.15, 0.2) is 0 Å². The van der Waals surface area contributed by atoms with Crippen molar-refractivity contribution in [1.29, 1.82) is 0 Å². The average molecular weight is 261 g/mol. The molecule has 1 fully saturated rings. The van der Waals surface area contributed by atoms with E-state index in [9.17, 15) is 15.0 Å². The summed E-state index contributed by atoms with van der Waals surface area (Å²) >= 11 is 0. The molecule has 1 aliphatic heterocycles. The number of nitrogens with zero attached hydrogens (tertiary/aromatic N) is 1. The highest BCUT2D eigenvalue weighted by atomic mass is 16.5. The average Bonchev–Trinajstić information content (AvgIpc) is 2.25. The molecule has 1 rings (SSSR count). The van der Waals surface area contributed by atoms with Gasteiger partial charge in [-0.2, -0.15) is 0 Å². The number of morpholine rings is 1. The lowest BCUT2D eigenvalue weighted by molar-refractivity contribution is -0.156. The fourth-order valence-electron chi connectivity index (χ4n) is 2.21. The zero-order chi connectivity index (χ0) is 13.8. The van der Waals surface area contributed by atoms with Crippen LogP contribution in [0.3, 0.4) is 0 Å². The maximum atomic E-state index is 10.8. The van der Waals surface area contributed by atoms with Crippen molar-refractivity contribution in [3.63, 3.8) is 0 Å². The van der Waals surface area contributed by atoms with Gasteiger partial charge in [-0.15, -0.1) is 0 Å². The van der Waals surface area contributed by atoms with Gasteiger partial charge in [0.2, 0.25) is 0 Å². The molecular weight excluding hydrogens is 238 g/mol. The fraction of sp³-hybridized carbons (Fsp3) is 0.917. The molecule has 0 aromatic rings. The number of β-amino-alcohol motifs (C(OH)–C–C–N with tert-alkyl or cyclic N) is 1. The summed E-state index contributed by atoms with van der Waals surface area (Å²) in [6.07, 6.45) is 0.177. The number of esters is 1. The molecule has 1 heterocycles. The maximum absolute atomic E-state index is 10.8. The number of aliphatic hydroxyl groups excluding tert-OH is 1. The Bertz CT molecular complexity index is 276. The Kier molecular flexibility index (Phi) is 5.52. The summed E-state index contributed by atoms with van der Waals surface area (Å²) in [5, 5.41) is 19.4. The number of hydrogen-bond donors (Lipinski definition) is 2. The van der Waals surface area contributed by atoms with Crippen LogP contribution in [0.2, 0.25) is 0 Å². The van der Waals surface area contributed by atoms with E-state index < -0.39 is 18.2 Å². The van der Waals surface area contributed by atoms with Crippen LogP contribution in [0.4, 0.5) is 0 Å². The van der Waals surface area contributed by atoms with Crippen LogP contribution in [-0.2, 0) is 14.3 Å². The van der Waals surface area contributed by atoms with Gasteiger partial charge in [-0.25, -0.2) is 0 Å². The molecule has 0 bridgehead atoms. The van der Waals surface area contributed by atoms with Crippen LogP contribution in [0.25, 0.3) is 0 Å². The first-order valence-electron chi connectivity index (χ1n) is 6.19. The van der Waals surface area contributed by atoms with Crippen LogP contribution < -0.4 is 0 Å². The first-order chi connectivity index (χ1) is 8.34. The molecule has 106 valence electrons. The van der Waals surface area contributed by atoms with Crippen LogP contribution in [0.5, 0.6) is 0 Å². The Morgan fingerprint density at radius 3 is 2.44 bits per heavy atom. The number of aliphatic hydroxyl groups is 2. The summed E-state index contributed by atoms with van der Waals surface area (Å²) in [7, 11) is 0. The number of ether oxygens (including phenoxy) is 2. The van der Waals surface area contributed by atoms with Crippen molar-refractivity contribution in [3.8, 4) is 0 Å². The second-order valence-electron chi connectivity index (χ2n) is 5.11. The molecule has 1 aliphatic rings. The van der Waals surface area contributed by atoms with E-state index in [0.29, 0.717) is 13.1 Å². The molecule has 6 heteroatoms. The minimum absolute atomic E-state index is 0.0884. The zero-order valence-corrected chi connectivity index (χ0v) is 11.3. The molecule has 6 nitrogen and oxygen atoms in total. The van der Waals surface area contributed by atoms with Gasteiger partial charge in [-0.05, 0) is 13.8 Å². The molecule has 3 unspecified atom stereocenters. The predicted molar refractivity (Wildman–Crippen MR) is 65.1 cm³/mol. The van der Waals surface area contributed by atoms with Gasteiger partial charge in [0.15, 0.2) is 0 Å². The summed E-state index contributed by atoms with van der Waals surface area (Å²) in [6, 6.07) is 0. The summed E-state index contributed by atoms with van der Waals surface area (Å²) in [5.74, 6) is -0.467. The number of hydrogen-bond acceptors (Lipinski definition) is 6. The number of rotatable bonds is 5. The van der Waals surface area contributed by atoms with Crippen LogP contribution in [0, 0.1) is 0 Å². The Morgan fingerprint density at radius 2 is 2.00 bits per heavy atom. The van der Waals surface area contributed by atoms with Crippen molar-refractivity contribution in [2.24, 2.45) is 0 Å². The molecule has 0 aromatic heterocycles. The topological polar surface area (TPSA) is 79.2 Å². The SMILES string of the molecule is CC(=O)OCC(O)(CO)CN1CC(C)OC(C)C1. The molecule has 0 amide bonds. The number of carbonyl (C=O) groups is 1. The Labute approximate surface area is 107 Å². The van der Waals surface area contributed by atoms with Crippen LogP contribution >= 0.6 is 0 Å². The third-order valence-electron chi connectivity index (χ3n) is 2.85. The third-order valence-corrected chi connectivity index (χ3v) is 2.85. The standard InChI is InChI=1S/C12H23NO5/c1-9-4-13(5-10(2)18-9)6-12(16,7-14)8-17-11(3)15/h9-10,14,16H,4-8H2,1-3H3. The zero-order valence-electron chi connectivity index (χ0n) is 11.3. The molecule has 1 saturated heterocycles. The van der Waals surface area contributed by atoms with Crippen molar-refractivity contribution in [1.82, 2.24) is 4.90 Å². The van der Waals surface area contributed by atoms with Crippen molar-refractivity contribution in [3.05, 3.63) is 0 Å². The monoisotopic (exact) mass is 261 g/mol. The summed E-state index contributed by atoms with van der Waals surface area (Å²) in [5.41, 5.74) is -1.41. The lowest BCUT2D eigenvalue weighted by Gasteiger charge is -2.39. The highest BCUT2D eigenvalue weighted by molar-refractivity contribution is 5.65. The van der Waals surface area contributed by atoms with Gasteiger partial charge in [0, 0.05) is 26.6 Å². The minimum Gasteiger partial charge on any atom is -0.463 e. The molecular formula is C12H23NO5. The van der Waals surface area contributed by atoms with Crippen molar-refractivity contribution >= 4 is 5.97 Å². The molecule has 0 aliphatic carbocycles. The van der Waals surface area contributed by atoms with Crippen LogP contribution in [0.1, 0.15) is 20.8 Å². The quantitative estimate of drug-likeness (QED) is 0.642. The third kappa shape index (κ3) is 4.89. The normalized spacial score (nSPS) is 28.7. The van der Waals surface area contributed by atoms with E-state index >= 15 is 0 Å². The Balaban J connectivity index is 2.52. The maximum Gasteiger partial charge on any atom is 0.302 e. The summed E-state index contributed by atoms with van der Waals surface area (Å²) < 4.78 is 10.4. The van der Waals surface area contributed by atoms with E-state index in [1.807, 2.05) is 18.7 Å². The van der Waals surface area contributed by atoms with Gasteiger partial charge in [0.1, 0.15) is 12.2 Å². The molecule has 0 radical (unpaired) electrons. The Morgan fingerprint density at radius 1 is 1.44 bits per heavy atom. The molecule has 0 aromatic carbocycles. The lowest BCUT2D eigenvalue weighted by atomic mass is 10.0. The second kappa shape index (κ2) is 6.47. The molecule has 18 heavy (non-hydrogen) atoms. The van der Waals surface area contributed by atoms with Gasteiger partial charge in [-0.3, -0.25) is 9.69 Å². The van der Waals surface area contributed by atoms with Crippen LogP contribution in [-0.4, -0.2) is 71.7 Å². The van der Waals surface area contributed by atoms with Crippen molar-refractivity contribution in [2.75, 3.05) is 32.8 Å². The smallest absolute Gasteiger partial charge is 0.302 e. The van der Waals surface area contributed by atoms with E-state index in [2.05, 4.69) is 0 Å². The summed E-state index contributed by atoms with van der Waals surface area (Å²) in [4.78, 5) is 12.8. The molecule has 2 N–H and O–H groups in total. The van der Waals surface area contributed by atoms with E-state index in [4.69, 9.17) is 9.47 Å². The van der Waals surface area contributed by atoms with E-state index in [-0.39, 0.29) is 25.4 Å². The first-order valence-corrected chi connectivity index (χ1v) is 6.19. The van der Waals surface area contributed by atoms with E-state index in [1.165, 1.54) is 6.92 Å². The van der Waals surface area contributed by atoms with Gasteiger partial charge >= 0.3 is 5.97 Å². The predicted octanol–water partition coefficient (Wildman–Crippen LogP) is -0.618. The fourth-order valence-corrected chi connectivity index (χ4v) is 2.21. The van der Waals surface area contributed by atoms with Crippen molar-refractivity contribution in [2.45, 2.75) is 38.6 Å². The van der Waals surface area contributed by atoms with Crippen molar-refractivity contribution < 1.29 is 24.5 Å². The molecule has 0 spiro atoms. The van der Waals surface area contributed by atoms with Gasteiger partial charge in [0.25, 0.3) is 0 Å². The minimum atomic E-state index is -1.41. The molecule has 0 saturated carbocycles. The molecule has 3 atom stereocenters. The summed E-state index contributed by atoms with van der Waals surface area (Å²) in [6.45, 7) is 6.20.